The van der Waals surface area contributed by atoms with Crippen molar-refractivity contribution in [1.82, 2.24) is 9.88 Å². The second-order valence-corrected chi connectivity index (χ2v) is 7.84. The SMILES string of the molecule is CCC(C)(C)C(=O)Nc1cc(CC2CCN(C(C)=O)CC2)c(C)cn1. The van der Waals surface area contributed by atoms with Gasteiger partial charge in [-0.1, -0.05) is 20.8 Å². The van der Waals surface area contributed by atoms with Crippen LogP contribution in [-0.2, 0) is 16.0 Å². The van der Waals surface area contributed by atoms with Crippen LogP contribution in [0.4, 0.5) is 5.82 Å². The monoisotopic (exact) mass is 345 g/mol. The molecule has 1 N–H and O–H groups in total. The van der Waals surface area contributed by atoms with Gasteiger partial charge in [0.15, 0.2) is 0 Å². The highest BCUT2D eigenvalue weighted by Crippen LogP contribution is 2.26. The predicted octanol–water partition coefficient (Wildman–Crippen LogP) is 3.57. The number of nitrogens with one attached hydrogen (secondary N) is 1. The Morgan fingerprint density at radius 2 is 1.96 bits per heavy atom. The molecule has 1 aromatic heterocycles. The maximum absolute atomic E-state index is 12.4. The highest BCUT2D eigenvalue weighted by Gasteiger charge is 2.26. The molecule has 2 heterocycles. The van der Waals surface area contributed by atoms with Crippen molar-refractivity contribution in [2.75, 3.05) is 18.4 Å². The van der Waals surface area contributed by atoms with Crippen LogP contribution in [0.15, 0.2) is 12.3 Å². The van der Waals surface area contributed by atoms with Crippen LogP contribution < -0.4 is 5.32 Å². The molecular weight excluding hydrogens is 314 g/mol. The summed E-state index contributed by atoms with van der Waals surface area (Å²) in [5, 5.41) is 2.96. The third kappa shape index (κ3) is 5.03. The molecule has 0 unspecified atom stereocenters. The van der Waals surface area contributed by atoms with Crippen LogP contribution in [0.25, 0.3) is 0 Å². The van der Waals surface area contributed by atoms with Crippen molar-refractivity contribution in [3.63, 3.8) is 0 Å². The average Bonchev–Trinajstić information content (AvgIpc) is 2.58. The summed E-state index contributed by atoms with van der Waals surface area (Å²) in [6.45, 7) is 11.3. The molecule has 0 bridgehead atoms. The Morgan fingerprint density at radius 1 is 1.32 bits per heavy atom. The van der Waals surface area contributed by atoms with Gasteiger partial charge in [-0.3, -0.25) is 9.59 Å². The van der Waals surface area contributed by atoms with Crippen molar-refractivity contribution < 1.29 is 9.59 Å². The van der Waals surface area contributed by atoms with E-state index in [1.54, 1.807) is 6.92 Å². The fourth-order valence-electron chi connectivity index (χ4n) is 3.06. The lowest BCUT2D eigenvalue weighted by Gasteiger charge is -2.31. The van der Waals surface area contributed by atoms with Gasteiger partial charge in [0, 0.05) is 31.6 Å². The molecule has 5 nitrogen and oxygen atoms in total. The minimum atomic E-state index is -0.397. The van der Waals surface area contributed by atoms with Gasteiger partial charge in [-0.2, -0.15) is 0 Å². The van der Waals surface area contributed by atoms with Crippen molar-refractivity contribution in [2.45, 2.75) is 60.3 Å². The minimum Gasteiger partial charge on any atom is -0.343 e. The average molecular weight is 345 g/mol. The van der Waals surface area contributed by atoms with E-state index < -0.39 is 5.41 Å². The molecule has 5 heteroatoms. The first-order valence-corrected chi connectivity index (χ1v) is 9.25. The molecule has 0 saturated carbocycles. The summed E-state index contributed by atoms with van der Waals surface area (Å²) in [5.41, 5.74) is 1.99. The minimum absolute atomic E-state index is 0.00655. The second-order valence-electron chi connectivity index (χ2n) is 7.84. The summed E-state index contributed by atoms with van der Waals surface area (Å²) in [7, 11) is 0. The zero-order valence-corrected chi connectivity index (χ0v) is 16.2. The van der Waals surface area contributed by atoms with Gasteiger partial charge < -0.3 is 10.2 Å². The van der Waals surface area contributed by atoms with Crippen LogP contribution in [0.5, 0.6) is 0 Å². The highest BCUT2D eigenvalue weighted by molar-refractivity contribution is 5.94. The third-order valence-corrected chi connectivity index (χ3v) is 5.52. The number of hydrogen-bond acceptors (Lipinski definition) is 3. The van der Waals surface area contributed by atoms with Crippen LogP contribution in [0.2, 0.25) is 0 Å². The van der Waals surface area contributed by atoms with E-state index in [2.05, 4.69) is 17.2 Å². The number of aryl methyl sites for hydroxylation is 1. The van der Waals surface area contributed by atoms with Gasteiger partial charge in [-0.15, -0.1) is 0 Å². The summed E-state index contributed by atoms with van der Waals surface area (Å²) >= 11 is 0. The van der Waals surface area contributed by atoms with Gasteiger partial charge in [0.1, 0.15) is 5.82 Å². The number of aromatic nitrogens is 1. The van der Waals surface area contributed by atoms with Crippen LogP contribution in [-0.4, -0.2) is 34.8 Å². The largest absolute Gasteiger partial charge is 0.343 e. The number of amides is 2. The Morgan fingerprint density at radius 3 is 2.52 bits per heavy atom. The lowest BCUT2D eigenvalue weighted by molar-refractivity contribution is -0.130. The van der Waals surface area contributed by atoms with E-state index in [1.807, 2.05) is 37.9 Å². The van der Waals surface area contributed by atoms with Crippen molar-refractivity contribution in [3.05, 3.63) is 23.4 Å². The van der Waals surface area contributed by atoms with E-state index in [4.69, 9.17) is 0 Å². The first-order valence-electron chi connectivity index (χ1n) is 9.25. The molecular formula is C20H31N3O2. The smallest absolute Gasteiger partial charge is 0.231 e. The summed E-state index contributed by atoms with van der Waals surface area (Å²) in [6.07, 6.45) is 5.67. The molecule has 1 aliphatic rings. The number of rotatable bonds is 5. The second kappa shape index (κ2) is 7.98. The van der Waals surface area contributed by atoms with Crippen molar-refractivity contribution in [3.8, 4) is 0 Å². The number of pyridine rings is 1. The maximum Gasteiger partial charge on any atom is 0.231 e. The fraction of sp³-hybridized carbons (Fsp3) is 0.650. The molecule has 1 aliphatic heterocycles. The summed E-state index contributed by atoms with van der Waals surface area (Å²) in [6, 6.07) is 2.01. The normalized spacial score (nSPS) is 16.0. The fourth-order valence-corrected chi connectivity index (χ4v) is 3.06. The van der Waals surface area contributed by atoms with Gasteiger partial charge in [0.2, 0.25) is 11.8 Å². The number of carbonyl (C=O) groups excluding carboxylic acids is 2. The van der Waals surface area contributed by atoms with Crippen molar-refractivity contribution in [2.24, 2.45) is 11.3 Å². The zero-order chi connectivity index (χ0) is 18.6. The molecule has 25 heavy (non-hydrogen) atoms. The highest BCUT2D eigenvalue weighted by atomic mass is 16.2. The summed E-state index contributed by atoms with van der Waals surface area (Å²) in [5.74, 6) is 1.38. The Hall–Kier alpha value is -1.91. The number of anilines is 1. The van der Waals surface area contributed by atoms with Gasteiger partial charge >= 0.3 is 0 Å². The quantitative estimate of drug-likeness (QED) is 0.887. The van der Waals surface area contributed by atoms with Crippen molar-refractivity contribution >= 4 is 17.6 Å². The Balaban J connectivity index is 2.02. The van der Waals surface area contributed by atoms with Gasteiger partial charge in [0.05, 0.1) is 0 Å². The van der Waals surface area contributed by atoms with E-state index in [-0.39, 0.29) is 11.8 Å². The topological polar surface area (TPSA) is 62.3 Å². The van der Waals surface area contributed by atoms with E-state index in [1.165, 1.54) is 5.56 Å². The molecule has 0 spiro atoms. The Kier molecular flexibility index (Phi) is 6.20. The van der Waals surface area contributed by atoms with E-state index in [0.29, 0.717) is 11.7 Å². The first-order chi connectivity index (χ1) is 11.7. The van der Waals surface area contributed by atoms with Crippen LogP contribution >= 0.6 is 0 Å². The number of likely N-dealkylation sites (tertiary alicyclic amines) is 1. The van der Waals surface area contributed by atoms with E-state index >= 15 is 0 Å². The number of piperidine rings is 1. The van der Waals surface area contributed by atoms with Gasteiger partial charge in [0.25, 0.3) is 0 Å². The molecule has 1 fully saturated rings. The van der Waals surface area contributed by atoms with Crippen molar-refractivity contribution in [1.29, 1.82) is 0 Å². The van der Waals surface area contributed by atoms with Crippen LogP contribution in [0.1, 0.15) is 58.1 Å². The van der Waals surface area contributed by atoms with Crippen LogP contribution in [0.3, 0.4) is 0 Å². The molecule has 0 radical (unpaired) electrons. The zero-order valence-electron chi connectivity index (χ0n) is 16.2. The maximum atomic E-state index is 12.4. The van der Waals surface area contributed by atoms with E-state index in [0.717, 1.165) is 44.3 Å². The molecule has 0 aromatic carbocycles. The number of carbonyl (C=O) groups is 2. The lowest BCUT2D eigenvalue weighted by atomic mass is 9.88. The molecule has 0 aliphatic carbocycles. The summed E-state index contributed by atoms with van der Waals surface area (Å²) in [4.78, 5) is 30.1. The number of hydrogen-bond donors (Lipinski definition) is 1. The Bertz CT molecular complexity index is 632. The Labute approximate surface area is 151 Å². The molecule has 1 saturated heterocycles. The van der Waals surface area contributed by atoms with Gasteiger partial charge in [-0.25, -0.2) is 4.98 Å². The summed E-state index contributed by atoms with van der Waals surface area (Å²) < 4.78 is 0. The molecule has 2 amide bonds. The first kappa shape index (κ1) is 19.4. The standard InChI is InChI=1S/C20H31N3O2/c1-6-20(4,5)19(25)22-18-12-17(14(2)13-21-18)11-16-7-9-23(10-8-16)15(3)24/h12-13,16H,6-11H2,1-5H3,(H,21,22,25). The predicted molar refractivity (Wildman–Crippen MR) is 100 cm³/mol. The molecule has 138 valence electrons. The van der Waals surface area contributed by atoms with Crippen LogP contribution in [0, 0.1) is 18.3 Å². The van der Waals surface area contributed by atoms with E-state index in [9.17, 15) is 9.59 Å². The number of nitrogens with zero attached hydrogens (tertiary/aromatic N) is 2. The molecule has 0 atom stereocenters. The third-order valence-electron chi connectivity index (χ3n) is 5.52. The molecule has 2 rings (SSSR count). The lowest BCUT2D eigenvalue weighted by Crippen LogP contribution is -2.37. The molecule has 1 aromatic rings. The van der Waals surface area contributed by atoms with Gasteiger partial charge in [-0.05, 0) is 55.7 Å².